The summed E-state index contributed by atoms with van der Waals surface area (Å²) in [7, 11) is 0. The van der Waals surface area contributed by atoms with E-state index in [4.69, 9.17) is 5.73 Å². The number of nitrogens with two attached hydrogens (primary N) is 1. The van der Waals surface area contributed by atoms with Gasteiger partial charge < -0.3 is 5.73 Å². The molecule has 4 nitrogen and oxygen atoms in total. The topological polar surface area (TPSA) is 58.7 Å². The Hall–Kier alpha value is -2.39. The third-order valence-corrected chi connectivity index (χ3v) is 7.11. The van der Waals surface area contributed by atoms with Gasteiger partial charge in [0.2, 0.25) is 5.91 Å². The third kappa shape index (κ3) is 3.20. The number of carbonyl (C=O) groups is 1. The first-order chi connectivity index (χ1) is 14.3. The highest BCUT2D eigenvalue weighted by Gasteiger charge is 2.55. The summed E-state index contributed by atoms with van der Waals surface area (Å²) in [5, 5.41) is 5.61. The molecule has 0 aromatic heterocycles. The fraction of sp³-hybridized carbons (Fsp3) is 0.333. The Morgan fingerprint density at radius 3 is 2.63 bits per heavy atom. The zero-order valence-corrected chi connectivity index (χ0v) is 16.9. The highest BCUT2D eigenvalue weighted by Crippen LogP contribution is 2.57. The molecule has 2 aromatic rings. The van der Waals surface area contributed by atoms with Crippen LogP contribution in [0.3, 0.4) is 0 Å². The molecule has 1 heterocycles. The van der Waals surface area contributed by atoms with Gasteiger partial charge in [0, 0.05) is 12.5 Å². The van der Waals surface area contributed by atoms with Crippen molar-refractivity contribution in [2.45, 2.75) is 31.1 Å². The van der Waals surface area contributed by atoms with E-state index in [1.807, 2.05) is 0 Å². The normalized spacial score (nSPS) is 22.9. The second kappa shape index (κ2) is 7.70. The summed E-state index contributed by atoms with van der Waals surface area (Å²) < 4.78 is 56.5. The maximum Gasteiger partial charge on any atom is 0.241 e. The van der Waals surface area contributed by atoms with Crippen LogP contribution in [0.5, 0.6) is 0 Å². The largest absolute Gasteiger partial charge is 0.330 e. The van der Waals surface area contributed by atoms with Crippen molar-refractivity contribution < 1.29 is 22.4 Å². The van der Waals surface area contributed by atoms with Crippen LogP contribution < -0.4 is 5.73 Å². The lowest BCUT2D eigenvalue weighted by Gasteiger charge is -2.45. The molecule has 2 aliphatic rings. The van der Waals surface area contributed by atoms with E-state index in [0.29, 0.717) is 36.9 Å². The first-order valence-corrected chi connectivity index (χ1v) is 10.3. The number of rotatable bonds is 3. The maximum atomic E-state index is 14.5. The molecule has 0 unspecified atom stereocenters. The third-order valence-electron chi connectivity index (χ3n) is 5.58. The second-order valence-corrected chi connectivity index (χ2v) is 8.61. The van der Waals surface area contributed by atoms with Gasteiger partial charge in [-0.25, -0.2) is 22.6 Å². The summed E-state index contributed by atoms with van der Waals surface area (Å²) in [6, 6.07) is 5.19. The van der Waals surface area contributed by atoms with Crippen molar-refractivity contribution in [3.05, 3.63) is 70.3 Å². The van der Waals surface area contributed by atoms with Crippen molar-refractivity contribution in [2.24, 2.45) is 16.8 Å². The minimum Gasteiger partial charge on any atom is -0.330 e. The molecule has 1 aliphatic carbocycles. The van der Waals surface area contributed by atoms with Crippen LogP contribution in [0.25, 0.3) is 0 Å². The van der Waals surface area contributed by atoms with E-state index in [1.165, 1.54) is 11.9 Å². The van der Waals surface area contributed by atoms with Gasteiger partial charge in [-0.15, -0.1) is 0 Å². The molecule has 1 amide bonds. The molecule has 0 saturated heterocycles. The van der Waals surface area contributed by atoms with E-state index >= 15 is 0 Å². The summed E-state index contributed by atoms with van der Waals surface area (Å²) in [6.45, 7) is 1.60. The molecule has 4 rings (SSSR count). The predicted molar refractivity (Wildman–Crippen MR) is 107 cm³/mol. The first kappa shape index (κ1) is 20.9. The summed E-state index contributed by atoms with van der Waals surface area (Å²) in [5.74, 6) is -4.06. The van der Waals surface area contributed by atoms with Crippen molar-refractivity contribution in [1.82, 2.24) is 5.01 Å². The average Bonchev–Trinajstić information content (AvgIpc) is 3.09. The van der Waals surface area contributed by atoms with Gasteiger partial charge in [-0.2, -0.15) is 5.10 Å². The van der Waals surface area contributed by atoms with E-state index in [0.717, 1.165) is 42.1 Å². The zero-order valence-electron chi connectivity index (χ0n) is 16.1. The number of benzene rings is 2. The lowest BCUT2D eigenvalue weighted by atomic mass is 9.77. The van der Waals surface area contributed by atoms with Gasteiger partial charge in [-0.3, -0.25) is 4.79 Å². The van der Waals surface area contributed by atoms with Gasteiger partial charge in [-0.1, -0.05) is 11.8 Å². The molecule has 2 aromatic carbocycles. The van der Waals surface area contributed by atoms with Crippen molar-refractivity contribution in [3.8, 4) is 0 Å². The van der Waals surface area contributed by atoms with E-state index in [1.54, 1.807) is 0 Å². The smallest absolute Gasteiger partial charge is 0.241 e. The summed E-state index contributed by atoms with van der Waals surface area (Å²) in [4.78, 5) is 11.4. The Morgan fingerprint density at radius 1 is 1.20 bits per heavy atom. The number of hydrogen-bond acceptors (Lipinski definition) is 4. The molecular formula is C21H19F4N3OS. The molecule has 0 fully saturated rings. The minimum atomic E-state index is -1.22. The Kier molecular flexibility index (Phi) is 5.36. The Bertz CT molecular complexity index is 1060. The van der Waals surface area contributed by atoms with E-state index < -0.39 is 34.0 Å². The molecule has 1 spiro atoms. The molecular weight excluding hydrogens is 418 g/mol. The Morgan fingerprint density at radius 2 is 1.93 bits per heavy atom. The predicted octanol–water partition coefficient (Wildman–Crippen LogP) is 4.26. The van der Waals surface area contributed by atoms with Crippen LogP contribution in [-0.2, 0) is 16.1 Å². The van der Waals surface area contributed by atoms with Gasteiger partial charge >= 0.3 is 0 Å². The number of thioether (sulfide) groups is 1. The number of nitrogens with zero attached hydrogens (tertiary/aromatic N) is 2. The van der Waals surface area contributed by atoms with Crippen LogP contribution >= 0.6 is 11.8 Å². The van der Waals surface area contributed by atoms with Crippen LogP contribution in [0.1, 0.15) is 36.5 Å². The Labute approximate surface area is 175 Å². The molecule has 0 bridgehead atoms. The highest BCUT2D eigenvalue weighted by atomic mass is 32.2. The van der Waals surface area contributed by atoms with E-state index in [2.05, 4.69) is 5.10 Å². The molecule has 0 saturated carbocycles. The number of hydrogen-bond donors (Lipinski definition) is 1. The zero-order chi connectivity index (χ0) is 21.6. The highest BCUT2D eigenvalue weighted by molar-refractivity contribution is 8.15. The second-order valence-electron chi connectivity index (χ2n) is 7.40. The first-order valence-electron chi connectivity index (χ1n) is 9.50. The SMILES string of the molecule is CC(=O)N1N=C(c2cc(F)ccc2F)S[C@@]12c1cc(F)c(F)cc1CC[C@@H]2CCN. The summed E-state index contributed by atoms with van der Waals surface area (Å²) in [6.07, 6.45) is 1.53. The van der Waals surface area contributed by atoms with E-state index in [9.17, 15) is 22.4 Å². The molecule has 1 aliphatic heterocycles. The van der Waals surface area contributed by atoms with Crippen LogP contribution in [0.2, 0.25) is 0 Å². The van der Waals surface area contributed by atoms with Crippen molar-refractivity contribution in [3.63, 3.8) is 0 Å². The van der Waals surface area contributed by atoms with Gasteiger partial charge in [0.1, 0.15) is 21.5 Å². The quantitative estimate of drug-likeness (QED) is 0.730. The molecule has 2 N–H and O–H groups in total. The summed E-state index contributed by atoms with van der Waals surface area (Å²) in [5.41, 5.74) is 6.67. The number of amides is 1. The number of carbonyl (C=O) groups excluding carboxylic acids is 1. The molecule has 30 heavy (non-hydrogen) atoms. The number of aryl methyl sites for hydroxylation is 1. The summed E-state index contributed by atoms with van der Waals surface area (Å²) >= 11 is 1.06. The maximum absolute atomic E-state index is 14.5. The Balaban J connectivity index is 1.93. The molecule has 158 valence electrons. The van der Waals surface area contributed by atoms with Crippen molar-refractivity contribution in [1.29, 1.82) is 0 Å². The molecule has 0 radical (unpaired) electrons. The van der Waals surface area contributed by atoms with Gasteiger partial charge in [0.25, 0.3) is 0 Å². The van der Waals surface area contributed by atoms with Crippen LogP contribution in [0, 0.1) is 29.2 Å². The fourth-order valence-electron chi connectivity index (χ4n) is 4.29. The van der Waals surface area contributed by atoms with Gasteiger partial charge in [-0.05, 0) is 73.2 Å². The van der Waals surface area contributed by atoms with Crippen LogP contribution in [0.15, 0.2) is 35.4 Å². The standard InChI is InChI=1S/C21H19F4N3OS/c1-11(29)28-21(30-20(27-28)15-9-14(22)4-5-17(15)23)13(6-7-26)3-2-12-8-18(24)19(25)10-16(12)21/h4-5,8-10,13H,2-3,6-7,26H2,1H3/t13-,21+/m1/s1. The van der Waals surface area contributed by atoms with Crippen LogP contribution in [0.4, 0.5) is 17.6 Å². The number of halogens is 4. The number of hydrazone groups is 1. The van der Waals surface area contributed by atoms with Gasteiger partial charge in [0.15, 0.2) is 11.6 Å². The molecule has 2 atom stereocenters. The fourth-order valence-corrected chi connectivity index (χ4v) is 5.93. The van der Waals surface area contributed by atoms with Gasteiger partial charge in [0.05, 0.1) is 0 Å². The van der Waals surface area contributed by atoms with Crippen LogP contribution in [-0.4, -0.2) is 22.5 Å². The minimum absolute atomic E-state index is 0.0932. The molecule has 9 heteroatoms. The number of fused-ring (bicyclic) bond motifs is 2. The lowest BCUT2D eigenvalue weighted by Crippen LogP contribution is -2.49. The van der Waals surface area contributed by atoms with Crippen molar-refractivity contribution >= 4 is 22.7 Å². The average molecular weight is 437 g/mol. The van der Waals surface area contributed by atoms with E-state index in [-0.39, 0.29) is 16.5 Å². The monoisotopic (exact) mass is 437 g/mol. The van der Waals surface area contributed by atoms with Crippen molar-refractivity contribution in [2.75, 3.05) is 6.54 Å². The lowest BCUT2D eigenvalue weighted by molar-refractivity contribution is -0.134.